The molecule has 0 heterocycles. The first kappa shape index (κ1) is 14.4. The number of hydrogen-bond acceptors (Lipinski definition) is 4. The normalized spacial score (nSPS) is 9.60. The minimum atomic E-state index is 0.312. The molecule has 0 aromatic heterocycles. The van der Waals surface area contributed by atoms with Crippen LogP contribution in [0.5, 0.6) is 11.5 Å². The van der Waals surface area contributed by atoms with Crippen LogP contribution in [0.15, 0.2) is 30.3 Å². The molecular weight excluding hydrogens is 389 g/mol. The fraction of sp³-hybridized carbons (Fsp3) is 0. The molecule has 0 bridgehead atoms. The molecule has 0 radical (unpaired) electrons. The lowest BCUT2D eigenvalue weighted by atomic mass is 10.2. The summed E-state index contributed by atoms with van der Waals surface area (Å²) in [6.45, 7) is 0. The number of rotatable bonds is 2. The summed E-state index contributed by atoms with van der Waals surface area (Å²) in [4.78, 5) is 0. The first-order valence-electron chi connectivity index (χ1n) is 5.41. The molecule has 0 aliphatic heterocycles. The number of nitriles is 2. The van der Waals surface area contributed by atoms with Crippen LogP contribution in [0.2, 0.25) is 5.02 Å². The number of halogens is 2. The third kappa shape index (κ3) is 2.96. The number of nitrogen functional groups attached to an aromatic ring is 1. The van der Waals surface area contributed by atoms with E-state index in [1.54, 1.807) is 30.3 Å². The van der Waals surface area contributed by atoms with Crippen LogP contribution in [-0.2, 0) is 0 Å². The zero-order chi connectivity index (χ0) is 14.7. The molecule has 0 saturated carbocycles. The van der Waals surface area contributed by atoms with E-state index in [-0.39, 0.29) is 0 Å². The maximum Gasteiger partial charge on any atom is 0.163 e. The Morgan fingerprint density at radius 2 is 1.90 bits per heavy atom. The summed E-state index contributed by atoms with van der Waals surface area (Å²) in [7, 11) is 0. The number of benzene rings is 2. The largest absolute Gasteiger partial charge is 0.454 e. The standard InChI is InChI=1S/C14H7ClIN3O/c15-11-5-10(2-1-9(11)7-18)20-14-12(16)3-8(6-17)4-13(14)19/h1-5H,19H2. The van der Waals surface area contributed by atoms with Crippen LogP contribution in [0.3, 0.4) is 0 Å². The van der Waals surface area contributed by atoms with Gasteiger partial charge in [0.25, 0.3) is 0 Å². The first-order valence-corrected chi connectivity index (χ1v) is 6.87. The molecule has 0 aliphatic carbocycles. The van der Waals surface area contributed by atoms with Gasteiger partial charge in [-0.15, -0.1) is 0 Å². The van der Waals surface area contributed by atoms with Gasteiger partial charge in [0.2, 0.25) is 0 Å². The number of nitrogens with zero attached hydrogens (tertiary/aromatic N) is 2. The number of nitrogens with two attached hydrogens (primary N) is 1. The fourth-order valence-electron chi connectivity index (χ4n) is 1.55. The Morgan fingerprint density at radius 3 is 2.45 bits per heavy atom. The molecule has 2 rings (SSSR count). The Balaban J connectivity index is 2.39. The average Bonchev–Trinajstić information content (AvgIpc) is 2.42. The molecule has 20 heavy (non-hydrogen) atoms. The van der Waals surface area contributed by atoms with Crippen molar-refractivity contribution in [2.75, 3.05) is 5.73 Å². The highest BCUT2D eigenvalue weighted by Gasteiger charge is 2.11. The molecule has 0 amide bonds. The number of ether oxygens (including phenoxy) is 1. The topological polar surface area (TPSA) is 82.8 Å². The van der Waals surface area contributed by atoms with Gasteiger partial charge in [0.05, 0.1) is 31.5 Å². The molecule has 0 aliphatic rings. The van der Waals surface area contributed by atoms with Gasteiger partial charge in [0.15, 0.2) is 5.75 Å². The van der Waals surface area contributed by atoms with E-state index < -0.39 is 0 Å². The first-order chi connectivity index (χ1) is 9.55. The van der Waals surface area contributed by atoms with E-state index in [9.17, 15) is 0 Å². The van der Waals surface area contributed by atoms with E-state index >= 15 is 0 Å². The Labute approximate surface area is 134 Å². The van der Waals surface area contributed by atoms with Crippen LogP contribution in [0.1, 0.15) is 11.1 Å². The van der Waals surface area contributed by atoms with Crippen molar-refractivity contribution in [3.05, 3.63) is 50.1 Å². The lowest BCUT2D eigenvalue weighted by molar-refractivity contribution is 0.481. The Hall–Kier alpha value is -1.96. The number of hydrogen-bond donors (Lipinski definition) is 1. The monoisotopic (exact) mass is 395 g/mol. The molecule has 0 saturated heterocycles. The maximum absolute atomic E-state index is 8.86. The summed E-state index contributed by atoms with van der Waals surface area (Å²) < 4.78 is 6.41. The van der Waals surface area contributed by atoms with E-state index in [0.717, 1.165) is 3.57 Å². The lowest BCUT2D eigenvalue weighted by Gasteiger charge is -2.11. The minimum Gasteiger partial charge on any atom is -0.454 e. The van der Waals surface area contributed by atoms with E-state index in [4.69, 9.17) is 32.6 Å². The van der Waals surface area contributed by atoms with Crippen molar-refractivity contribution in [2.45, 2.75) is 0 Å². The quantitative estimate of drug-likeness (QED) is 0.614. The molecule has 2 aromatic rings. The van der Waals surface area contributed by atoms with Crippen molar-refractivity contribution in [3.8, 4) is 23.6 Å². The highest BCUT2D eigenvalue weighted by molar-refractivity contribution is 14.1. The van der Waals surface area contributed by atoms with Gasteiger partial charge in [-0.05, 0) is 46.9 Å². The summed E-state index contributed by atoms with van der Waals surface area (Å²) in [5.74, 6) is 0.939. The molecule has 4 nitrogen and oxygen atoms in total. The summed E-state index contributed by atoms with van der Waals surface area (Å²) >= 11 is 7.99. The third-order valence-electron chi connectivity index (χ3n) is 2.48. The predicted molar refractivity (Wildman–Crippen MR) is 84.5 cm³/mol. The van der Waals surface area contributed by atoms with Gasteiger partial charge < -0.3 is 10.5 Å². The van der Waals surface area contributed by atoms with Crippen molar-refractivity contribution >= 4 is 39.9 Å². The van der Waals surface area contributed by atoms with E-state index in [2.05, 4.69) is 0 Å². The van der Waals surface area contributed by atoms with E-state index in [1.807, 2.05) is 34.7 Å². The predicted octanol–water partition coefficient (Wildman–Crippen LogP) is 4.06. The van der Waals surface area contributed by atoms with Crippen LogP contribution in [0, 0.1) is 26.2 Å². The van der Waals surface area contributed by atoms with E-state index in [1.165, 1.54) is 0 Å². The summed E-state index contributed by atoms with van der Waals surface area (Å²) in [5, 5.41) is 18.0. The van der Waals surface area contributed by atoms with Crippen molar-refractivity contribution in [1.29, 1.82) is 10.5 Å². The van der Waals surface area contributed by atoms with Gasteiger partial charge in [0.1, 0.15) is 11.8 Å². The molecule has 2 N–H and O–H groups in total. The number of anilines is 1. The molecule has 0 fully saturated rings. The maximum atomic E-state index is 8.86. The average molecular weight is 396 g/mol. The van der Waals surface area contributed by atoms with Crippen LogP contribution in [-0.4, -0.2) is 0 Å². The third-order valence-corrected chi connectivity index (χ3v) is 3.60. The highest BCUT2D eigenvalue weighted by Crippen LogP contribution is 2.34. The molecule has 0 unspecified atom stereocenters. The minimum absolute atomic E-state index is 0.312. The van der Waals surface area contributed by atoms with Crippen molar-refractivity contribution in [1.82, 2.24) is 0 Å². The SMILES string of the molecule is N#Cc1cc(N)c(Oc2ccc(C#N)c(Cl)c2)c(I)c1. The van der Waals surface area contributed by atoms with E-state index in [0.29, 0.717) is 33.3 Å². The van der Waals surface area contributed by atoms with Gasteiger partial charge in [-0.1, -0.05) is 11.6 Å². The highest BCUT2D eigenvalue weighted by atomic mass is 127. The molecule has 0 spiro atoms. The lowest BCUT2D eigenvalue weighted by Crippen LogP contribution is -1.96. The van der Waals surface area contributed by atoms with Crippen molar-refractivity contribution in [2.24, 2.45) is 0 Å². The Kier molecular flexibility index (Phi) is 4.33. The fourth-order valence-corrected chi connectivity index (χ4v) is 2.52. The van der Waals surface area contributed by atoms with Crippen molar-refractivity contribution < 1.29 is 4.74 Å². The smallest absolute Gasteiger partial charge is 0.163 e. The zero-order valence-electron chi connectivity index (χ0n) is 10.0. The molecular formula is C14H7ClIN3O. The second-order valence-corrected chi connectivity index (χ2v) is 5.41. The van der Waals surface area contributed by atoms with Gasteiger partial charge in [0, 0.05) is 6.07 Å². The summed E-state index contributed by atoms with van der Waals surface area (Å²) in [5.41, 5.74) is 7.09. The second kappa shape index (κ2) is 6.00. The molecule has 98 valence electrons. The van der Waals surface area contributed by atoms with Gasteiger partial charge >= 0.3 is 0 Å². The van der Waals surface area contributed by atoms with Crippen LogP contribution in [0.25, 0.3) is 0 Å². The second-order valence-electron chi connectivity index (χ2n) is 3.84. The van der Waals surface area contributed by atoms with Gasteiger partial charge in [-0.3, -0.25) is 0 Å². The van der Waals surface area contributed by atoms with Crippen molar-refractivity contribution in [3.63, 3.8) is 0 Å². The van der Waals surface area contributed by atoms with Crippen LogP contribution in [0.4, 0.5) is 5.69 Å². The molecule has 6 heteroatoms. The van der Waals surface area contributed by atoms with Gasteiger partial charge in [-0.25, -0.2) is 0 Å². The van der Waals surface area contributed by atoms with Crippen LogP contribution < -0.4 is 10.5 Å². The van der Waals surface area contributed by atoms with Crippen LogP contribution >= 0.6 is 34.2 Å². The molecule has 0 atom stereocenters. The zero-order valence-corrected chi connectivity index (χ0v) is 12.9. The Bertz CT molecular complexity index is 739. The van der Waals surface area contributed by atoms with Gasteiger partial charge in [-0.2, -0.15) is 10.5 Å². The Morgan fingerprint density at radius 1 is 1.15 bits per heavy atom. The summed E-state index contributed by atoms with van der Waals surface area (Å²) in [6.07, 6.45) is 0. The molecule has 2 aromatic carbocycles. The summed E-state index contributed by atoms with van der Waals surface area (Å²) in [6, 6.07) is 12.0.